The van der Waals surface area contributed by atoms with Crippen LogP contribution < -0.4 is 5.32 Å². The quantitative estimate of drug-likeness (QED) is 0.912. The van der Waals surface area contributed by atoms with Crippen molar-refractivity contribution >= 4 is 17.9 Å². The number of carbonyl (C=O) groups is 1. The lowest BCUT2D eigenvalue weighted by Crippen LogP contribution is -2.46. The largest absolute Gasteiger partial charge is 0.453 e. The molecule has 2 aliphatic heterocycles. The number of thioether (sulfide) groups is 1. The third-order valence-electron chi connectivity index (χ3n) is 4.34. The standard InChI is InChI=1S/C16H22N2O2S/c1-20-16(19)18-8-6-13(7-9-18)17-15-11-21-10-12-4-2-3-5-14(12)15/h2-5,13,15,17H,6-11H2,1H3/t15-/m1/s1. The van der Waals surface area contributed by atoms with Crippen molar-refractivity contribution < 1.29 is 9.53 Å². The highest BCUT2D eigenvalue weighted by Crippen LogP contribution is 2.32. The van der Waals surface area contributed by atoms with Crippen LogP contribution in [-0.4, -0.2) is 43.0 Å². The van der Waals surface area contributed by atoms with E-state index in [0.29, 0.717) is 12.1 Å². The summed E-state index contributed by atoms with van der Waals surface area (Å²) in [6.45, 7) is 1.57. The minimum atomic E-state index is -0.202. The Kier molecular flexibility index (Phi) is 4.70. The van der Waals surface area contributed by atoms with Gasteiger partial charge in [-0.2, -0.15) is 11.8 Å². The number of amides is 1. The molecule has 1 saturated heterocycles. The van der Waals surface area contributed by atoms with Crippen LogP contribution in [0.3, 0.4) is 0 Å². The second-order valence-corrected chi connectivity index (χ2v) is 6.69. The van der Waals surface area contributed by atoms with Crippen molar-refractivity contribution in [1.29, 1.82) is 0 Å². The Balaban J connectivity index is 1.58. The Labute approximate surface area is 130 Å². The maximum absolute atomic E-state index is 11.5. The number of rotatable bonds is 2. The monoisotopic (exact) mass is 306 g/mol. The molecule has 0 aromatic heterocycles. The zero-order valence-corrected chi connectivity index (χ0v) is 13.2. The SMILES string of the molecule is COC(=O)N1CCC(N[C@@H]2CSCc3ccccc32)CC1. The first-order valence-corrected chi connectivity index (χ1v) is 8.68. The number of hydrogen-bond donors (Lipinski definition) is 1. The molecule has 2 aliphatic rings. The third kappa shape index (κ3) is 3.35. The van der Waals surface area contributed by atoms with Crippen molar-refractivity contribution in [2.75, 3.05) is 26.0 Å². The molecule has 0 radical (unpaired) electrons. The maximum Gasteiger partial charge on any atom is 0.409 e. The zero-order valence-electron chi connectivity index (χ0n) is 12.4. The van der Waals surface area contributed by atoms with E-state index >= 15 is 0 Å². The number of ether oxygens (including phenoxy) is 1. The first kappa shape index (κ1) is 14.7. The maximum atomic E-state index is 11.5. The average Bonchev–Trinajstić information content (AvgIpc) is 2.55. The van der Waals surface area contributed by atoms with E-state index in [1.807, 2.05) is 11.8 Å². The molecule has 0 aliphatic carbocycles. The molecule has 0 unspecified atom stereocenters. The summed E-state index contributed by atoms with van der Waals surface area (Å²) in [5.41, 5.74) is 2.91. The summed E-state index contributed by atoms with van der Waals surface area (Å²) in [5.74, 6) is 2.25. The Morgan fingerprint density at radius 3 is 2.86 bits per heavy atom. The summed E-state index contributed by atoms with van der Waals surface area (Å²) < 4.78 is 4.78. The normalized spacial score (nSPS) is 22.7. The Bertz CT molecular complexity index is 501. The Morgan fingerprint density at radius 2 is 2.10 bits per heavy atom. The predicted molar refractivity (Wildman–Crippen MR) is 85.5 cm³/mol. The zero-order chi connectivity index (χ0) is 14.7. The summed E-state index contributed by atoms with van der Waals surface area (Å²) in [4.78, 5) is 13.3. The number of likely N-dealkylation sites (tertiary alicyclic amines) is 1. The summed E-state index contributed by atoms with van der Waals surface area (Å²) in [6, 6.07) is 9.66. The molecule has 1 fully saturated rings. The van der Waals surface area contributed by atoms with Crippen LogP contribution in [0.1, 0.15) is 30.0 Å². The van der Waals surface area contributed by atoms with Crippen LogP contribution in [0.15, 0.2) is 24.3 Å². The van der Waals surface area contributed by atoms with Crippen molar-refractivity contribution in [2.45, 2.75) is 30.7 Å². The Morgan fingerprint density at radius 1 is 1.33 bits per heavy atom. The molecule has 21 heavy (non-hydrogen) atoms. The number of carbonyl (C=O) groups excluding carboxylic acids is 1. The Hall–Kier alpha value is -1.20. The number of methoxy groups -OCH3 is 1. The molecule has 1 N–H and O–H groups in total. The fourth-order valence-corrected chi connectivity index (χ4v) is 4.27. The molecular formula is C16H22N2O2S. The molecular weight excluding hydrogens is 284 g/mol. The molecule has 2 heterocycles. The fourth-order valence-electron chi connectivity index (χ4n) is 3.16. The van der Waals surface area contributed by atoms with Gasteiger partial charge in [0.2, 0.25) is 0 Å². The lowest BCUT2D eigenvalue weighted by molar-refractivity contribution is 0.109. The van der Waals surface area contributed by atoms with Crippen molar-refractivity contribution in [3.05, 3.63) is 35.4 Å². The van der Waals surface area contributed by atoms with Crippen LogP contribution in [0.2, 0.25) is 0 Å². The van der Waals surface area contributed by atoms with Gasteiger partial charge < -0.3 is 15.0 Å². The average molecular weight is 306 g/mol. The van der Waals surface area contributed by atoms with Gasteiger partial charge in [0.15, 0.2) is 0 Å². The molecule has 5 heteroatoms. The highest BCUT2D eigenvalue weighted by molar-refractivity contribution is 7.98. The second kappa shape index (κ2) is 6.71. The number of nitrogens with one attached hydrogen (secondary N) is 1. The van der Waals surface area contributed by atoms with E-state index in [0.717, 1.165) is 37.4 Å². The van der Waals surface area contributed by atoms with Crippen LogP contribution in [0.25, 0.3) is 0 Å². The second-order valence-electron chi connectivity index (χ2n) is 5.66. The number of piperidine rings is 1. The topological polar surface area (TPSA) is 41.6 Å². The van der Waals surface area contributed by atoms with Gasteiger partial charge in [-0.3, -0.25) is 0 Å². The highest BCUT2D eigenvalue weighted by Gasteiger charge is 2.27. The van der Waals surface area contributed by atoms with Gasteiger partial charge in [-0.15, -0.1) is 0 Å². The first-order valence-electron chi connectivity index (χ1n) is 7.52. The van der Waals surface area contributed by atoms with Crippen LogP contribution in [0, 0.1) is 0 Å². The van der Waals surface area contributed by atoms with Gasteiger partial charge in [-0.25, -0.2) is 4.79 Å². The van der Waals surface area contributed by atoms with Gasteiger partial charge in [0.05, 0.1) is 7.11 Å². The van der Waals surface area contributed by atoms with E-state index < -0.39 is 0 Å². The summed E-state index contributed by atoms with van der Waals surface area (Å²) in [6.07, 6.45) is 1.80. The molecule has 0 spiro atoms. The first-order chi connectivity index (χ1) is 10.3. The van der Waals surface area contributed by atoms with Crippen LogP contribution in [0.5, 0.6) is 0 Å². The third-order valence-corrected chi connectivity index (χ3v) is 5.42. The lowest BCUT2D eigenvalue weighted by Gasteiger charge is -2.35. The minimum absolute atomic E-state index is 0.202. The van der Waals surface area contributed by atoms with Crippen molar-refractivity contribution in [2.24, 2.45) is 0 Å². The molecule has 3 rings (SSSR count). The van der Waals surface area contributed by atoms with Gasteiger partial charge in [0.1, 0.15) is 0 Å². The van der Waals surface area contributed by atoms with E-state index in [9.17, 15) is 4.79 Å². The summed E-state index contributed by atoms with van der Waals surface area (Å²) in [7, 11) is 1.45. The number of fused-ring (bicyclic) bond motifs is 1. The van der Waals surface area contributed by atoms with Crippen molar-refractivity contribution in [3.8, 4) is 0 Å². The molecule has 1 amide bonds. The molecule has 1 aromatic carbocycles. The van der Waals surface area contributed by atoms with E-state index in [4.69, 9.17) is 4.74 Å². The molecule has 1 aromatic rings. The van der Waals surface area contributed by atoms with E-state index in [-0.39, 0.29) is 6.09 Å². The van der Waals surface area contributed by atoms with E-state index in [1.54, 1.807) is 4.90 Å². The van der Waals surface area contributed by atoms with Gasteiger partial charge in [-0.1, -0.05) is 24.3 Å². The van der Waals surface area contributed by atoms with Gasteiger partial charge in [0, 0.05) is 36.7 Å². The minimum Gasteiger partial charge on any atom is -0.453 e. The van der Waals surface area contributed by atoms with Crippen molar-refractivity contribution in [3.63, 3.8) is 0 Å². The molecule has 0 saturated carbocycles. The smallest absolute Gasteiger partial charge is 0.409 e. The summed E-state index contributed by atoms with van der Waals surface area (Å²) in [5, 5.41) is 3.79. The number of nitrogens with zero attached hydrogens (tertiary/aromatic N) is 1. The predicted octanol–water partition coefficient (Wildman–Crippen LogP) is 2.79. The number of hydrogen-bond acceptors (Lipinski definition) is 4. The lowest BCUT2D eigenvalue weighted by atomic mass is 9.98. The molecule has 114 valence electrons. The van der Waals surface area contributed by atoms with Gasteiger partial charge in [0.25, 0.3) is 0 Å². The van der Waals surface area contributed by atoms with Crippen LogP contribution in [0.4, 0.5) is 4.79 Å². The molecule has 1 atom stereocenters. The van der Waals surface area contributed by atoms with Crippen LogP contribution in [-0.2, 0) is 10.5 Å². The fraction of sp³-hybridized carbons (Fsp3) is 0.562. The summed E-state index contributed by atoms with van der Waals surface area (Å²) >= 11 is 2.00. The number of benzene rings is 1. The van der Waals surface area contributed by atoms with E-state index in [2.05, 4.69) is 29.6 Å². The van der Waals surface area contributed by atoms with Gasteiger partial charge in [-0.05, 0) is 24.0 Å². The molecule has 0 bridgehead atoms. The highest BCUT2D eigenvalue weighted by atomic mass is 32.2. The van der Waals surface area contributed by atoms with Crippen molar-refractivity contribution in [1.82, 2.24) is 10.2 Å². The van der Waals surface area contributed by atoms with Crippen LogP contribution >= 0.6 is 11.8 Å². The van der Waals surface area contributed by atoms with E-state index in [1.165, 1.54) is 18.2 Å². The molecule has 4 nitrogen and oxygen atoms in total. The van der Waals surface area contributed by atoms with Gasteiger partial charge >= 0.3 is 6.09 Å².